The topological polar surface area (TPSA) is 77.4 Å². The molecule has 27 heavy (non-hydrogen) atoms. The summed E-state index contributed by atoms with van der Waals surface area (Å²) < 4.78 is 12.9. The number of ether oxygens (including phenoxy) is 2. The van der Waals surface area contributed by atoms with Gasteiger partial charge in [-0.25, -0.2) is 0 Å². The monoisotopic (exact) mass is 390 g/mol. The Morgan fingerprint density at radius 1 is 1.37 bits per heavy atom. The van der Waals surface area contributed by atoms with Crippen molar-refractivity contribution in [2.45, 2.75) is 12.3 Å². The lowest BCUT2D eigenvalue weighted by atomic mass is 9.90. The van der Waals surface area contributed by atoms with Gasteiger partial charge in [0.05, 0.1) is 17.1 Å². The van der Waals surface area contributed by atoms with E-state index >= 15 is 0 Å². The van der Waals surface area contributed by atoms with Gasteiger partial charge >= 0.3 is 0 Å². The summed E-state index contributed by atoms with van der Waals surface area (Å²) in [6, 6.07) is 3.80. The first-order valence-corrected chi connectivity index (χ1v) is 9.54. The van der Waals surface area contributed by atoms with Crippen molar-refractivity contribution in [3.05, 3.63) is 40.7 Å². The summed E-state index contributed by atoms with van der Waals surface area (Å²) in [5, 5.41) is 11.1. The fourth-order valence-electron chi connectivity index (χ4n) is 3.71. The maximum atomic E-state index is 12.7. The van der Waals surface area contributed by atoms with Gasteiger partial charge in [0, 0.05) is 38.8 Å². The Morgan fingerprint density at radius 2 is 2.22 bits per heavy atom. The van der Waals surface area contributed by atoms with Crippen LogP contribution in [0.5, 0.6) is 11.5 Å². The minimum atomic E-state index is -0.0851. The first kappa shape index (κ1) is 18.1. The van der Waals surface area contributed by atoms with E-state index < -0.39 is 0 Å². The van der Waals surface area contributed by atoms with Gasteiger partial charge in [0.2, 0.25) is 5.91 Å². The number of nitrogens with one attached hydrogen (secondary N) is 2. The highest BCUT2D eigenvalue weighted by Crippen LogP contribution is 2.38. The Bertz CT molecular complexity index is 838. The molecule has 0 radical (unpaired) electrons. The predicted octanol–water partition coefficient (Wildman–Crippen LogP) is 1.51. The number of amides is 1. The van der Waals surface area contributed by atoms with Gasteiger partial charge in [0.1, 0.15) is 13.2 Å². The van der Waals surface area contributed by atoms with E-state index in [0.29, 0.717) is 49.2 Å². The summed E-state index contributed by atoms with van der Waals surface area (Å²) in [5.74, 6) is 1.41. The fourth-order valence-corrected chi connectivity index (χ4v) is 3.99. The van der Waals surface area contributed by atoms with Crippen molar-refractivity contribution >= 4 is 17.5 Å². The van der Waals surface area contributed by atoms with E-state index in [-0.39, 0.29) is 17.7 Å². The highest BCUT2D eigenvalue weighted by Gasteiger charge is 2.34. The van der Waals surface area contributed by atoms with Crippen molar-refractivity contribution in [2.75, 3.05) is 32.8 Å². The van der Waals surface area contributed by atoms with E-state index in [9.17, 15) is 4.79 Å². The zero-order chi connectivity index (χ0) is 18.8. The zero-order valence-corrected chi connectivity index (χ0v) is 16.0. The third-order valence-corrected chi connectivity index (χ3v) is 5.35. The number of carbonyl (C=O) groups excluding carboxylic acids is 1. The summed E-state index contributed by atoms with van der Waals surface area (Å²) in [5.41, 5.74) is 2.11. The molecule has 0 unspecified atom stereocenters. The lowest BCUT2D eigenvalue weighted by molar-refractivity contribution is -0.124. The minimum absolute atomic E-state index is 0.0671. The highest BCUT2D eigenvalue weighted by molar-refractivity contribution is 6.32. The second-order valence-corrected chi connectivity index (χ2v) is 7.37. The summed E-state index contributed by atoms with van der Waals surface area (Å²) in [7, 11) is 1.89. The molecule has 2 N–H and O–H groups in total. The number of fused-ring (bicyclic) bond motifs is 1. The fraction of sp³-hybridized carbons (Fsp3) is 0.474. The largest absolute Gasteiger partial charge is 0.486 e. The number of rotatable bonds is 5. The van der Waals surface area contributed by atoms with Crippen LogP contribution < -0.4 is 20.1 Å². The molecule has 2 aromatic rings. The van der Waals surface area contributed by atoms with Gasteiger partial charge in [-0.3, -0.25) is 9.48 Å². The number of benzene rings is 1. The van der Waals surface area contributed by atoms with Crippen LogP contribution in [0.15, 0.2) is 24.5 Å². The standard InChI is InChI=1S/C19H23ClN4O3/c1-24-11-13(8-23-24)14-9-21-10-15(14)19(25)22-3-2-12-6-16(20)18-17(7-12)26-4-5-27-18/h6-8,11,14-15,21H,2-5,9-10H2,1H3,(H,22,25)/t14-,15+/m1/s1. The number of halogens is 1. The molecule has 1 saturated heterocycles. The van der Waals surface area contributed by atoms with Gasteiger partial charge in [-0.1, -0.05) is 11.6 Å². The molecule has 1 aromatic carbocycles. The average Bonchev–Trinajstić information content (AvgIpc) is 3.30. The maximum absolute atomic E-state index is 12.7. The van der Waals surface area contributed by atoms with Gasteiger partial charge in [0.25, 0.3) is 0 Å². The molecule has 2 atom stereocenters. The lowest BCUT2D eigenvalue weighted by Crippen LogP contribution is -2.35. The number of hydrogen-bond acceptors (Lipinski definition) is 5. The van der Waals surface area contributed by atoms with Crippen molar-refractivity contribution < 1.29 is 14.3 Å². The van der Waals surface area contributed by atoms with Crippen LogP contribution in [-0.4, -0.2) is 48.5 Å². The first-order chi connectivity index (χ1) is 13.1. The van der Waals surface area contributed by atoms with Gasteiger partial charge < -0.3 is 20.1 Å². The van der Waals surface area contributed by atoms with Gasteiger partial charge in [-0.05, 0) is 29.7 Å². The summed E-state index contributed by atoms with van der Waals surface area (Å²) in [6.07, 6.45) is 4.50. The molecule has 3 heterocycles. The molecule has 1 amide bonds. The van der Waals surface area contributed by atoms with Crippen molar-refractivity contribution in [2.24, 2.45) is 13.0 Å². The first-order valence-electron chi connectivity index (χ1n) is 9.17. The van der Waals surface area contributed by atoms with E-state index in [0.717, 1.165) is 17.7 Å². The van der Waals surface area contributed by atoms with Gasteiger partial charge in [0.15, 0.2) is 11.5 Å². The number of nitrogens with zero attached hydrogens (tertiary/aromatic N) is 2. The van der Waals surface area contributed by atoms with Crippen LogP contribution in [-0.2, 0) is 18.3 Å². The van der Waals surface area contributed by atoms with E-state index in [1.807, 2.05) is 31.6 Å². The van der Waals surface area contributed by atoms with E-state index in [1.54, 1.807) is 4.68 Å². The third kappa shape index (κ3) is 3.89. The summed E-state index contributed by atoms with van der Waals surface area (Å²) in [4.78, 5) is 12.7. The Balaban J connectivity index is 1.35. The SMILES string of the molecule is Cn1cc([C@H]2CNC[C@@H]2C(=O)NCCc2cc(Cl)c3c(c2)OCCO3)cn1. The van der Waals surface area contributed by atoms with Crippen LogP contribution in [0.3, 0.4) is 0 Å². The molecule has 0 aliphatic carbocycles. The van der Waals surface area contributed by atoms with E-state index in [1.165, 1.54) is 0 Å². The van der Waals surface area contributed by atoms with Crippen molar-refractivity contribution in [1.29, 1.82) is 0 Å². The predicted molar refractivity (Wildman–Crippen MR) is 101 cm³/mol. The Hall–Kier alpha value is -2.25. The molecule has 2 aliphatic rings. The number of hydrogen-bond donors (Lipinski definition) is 2. The van der Waals surface area contributed by atoms with Gasteiger partial charge in [-0.15, -0.1) is 0 Å². The van der Waals surface area contributed by atoms with Crippen molar-refractivity contribution in [3.8, 4) is 11.5 Å². The van der Waals surface area contributed by atoms with Crippen LogP contribution >= 0.6 is 11.6 Å². The Morgan fingerprint density at radius 3 is 3.04 bits per heavy atom. The number of aromatic nitrogens is 2. The van der Waals surface area contributed by atoms with E-state index in [2.05, 4.69) is 15.7 Å². The molecule has 0 saturated carbocycles. The smallest absolute Gasteiger partial charge is 0.225 e. The molecule has 2 aliphatic heterocycles. The second-order valence-electron chi connectivity index (χ2n) is 6.96. The molecule has 7 nitrogen and oxygen atoms in total. The lowest BCUT2D eigenvalue weighted by Gasteiger charge is -2.20. The van der Waals surface area contributed by atoms with Crippen LogP contribution in [0, 0.1) is 5.92 Å². The van der Waals surface area contributed by atoms with Crippen LogP contribution in [0.2, 0.25) is 5.02 Å². The number of carbonyl (C=O) groups is 1. The Labute approximate surface area is 163 Å². The van der Waals surface area contributed by atoms with Crippen molar-refractivity contribution in [3.63, 3.8) is 0 Å². The van der Waals surface area contributed by atoms with Gasteiger partial charge in [-0.2, -0.15) is 5.10 Å². The Kier molecular flexibility index (Phi) is 5.22. The average molecular weight is 391 g/mol. The van der Waals surface area contributed by atoms with Crippen LogP contribution in [0.25, 0.3) is 0 Å². The molecule has 144 valence electrons. The van der Waals surface area contributed by atoms with E-state index in [4.69, 9.17) is 21.1 Å². The quantitative estimate of drug-likeness (QED) is 0.809. The number of aryl methyl sites for hydroxylation is 1. The molecular weight excluding hydrogens is 368 g/mol. The van der Waals surface area contributed by atoms with Crippen LogP contribution in [0.4, 0.5) is 0 Å². The maximum Gasteiger partial charge on any atom is 0.225 e. The molecule has 8 heteroatoms. The highest BCUT2D eigenvalue weighted by atomic mass is 35.5. The van der Waals surface area contributed by atoms with Crippen molar-refractivity contribution in [1.82, 2.24) is 20.4 Å². The summed E-state index contributed by atoms with van der Waals surface area (Å²) in [6.45, 7) is 3.05. The minimum Gasteiger partial charge on any atom is -0.486 e. The molecule has 0 spiro atoms. The molecule has 4 rings (SSSR count). The normalized spacial score (nSPS) is 21.3. The zero-order valence-electron chi connectivity index (χ0n) is 15.2. The molecule has 0 bridgehead atoms. The third-order valence-electron chi connectivity index (χ3n) is 5.07. The molecule has 1 aromatic heterocycles. The molecular formula is C19H23ClN4O3. The summed E-state index contributed by atoms with van der Waals surface area (Å²) >= 11 is 6.27. The van der Waals surface area contributed by atoms with Crippen LogP contribution in [0.1, 0.15) is 17.0 Å². The second kappa shape index (κ2) is 7.78. The molecule has 1 fully saturated rings.